The molecule has 3 atom stereocenters. The highest BCUT2D eigenvalue weighted by atomic mass is 16.4. The van der Waals surface area contributed by atoms with E-state index in [1.54, 1.807) is 0 Å². The minimum absolute atomic E-state index is 0.205. The maximum absolute atomic E-state index is 11.2. The van der Waals surface area contributed by atoms with Gasteiger partial charge in [-0.15, -0.1) is 0 Å². The van der Waals surface area contributed by atoms with Crippen LogP contribution in [0.25, 0.3) is 0 Å². The maximum Gasteiger partial charge on any atom is 0.325 e. The lowest BCUT2D eigenvalue weighted by Gasteiger charge is -2.34. The summed E-state index contributed by atoms with van der Waals surface area (Å²) in [7, 11) is 0. The lowest BCUT2D eigenvalue weighted by atomic mass is 9.81. The van der Waals surface area contributed by atoms with Gasteiger partial charge in [-0.1, -0.05) is 6.92 Å². The van der Waals surface area contributed by atoms with Crippen molar-refractivity contribution in [1.82, 2.24) is 10.6 Å². The van der Waals surface area contributed by atoms with Crippen LogP contribution >= 0.6 is 0 Å². The van der Waals surface area contributed by atoms with Gasteiger partial charge in [0.25, 0.3) is 0 Å². The summed E-state index contributed by atoms with van der Waals surface area (Å²) in [6, 6.07) is -1.03. The number of hydrogen-bond donors (Lipinski definition) is 3. The van der Waals surface area contributed by atoms with Gasteiger partial charge in [0.15, 0.2) is 0 Å². The molecular weight excluding hydrogens is 184 g/mol. The predicted molar refractivity (Wildman–Crippen MR) is 51.0 cm³/mol. The first kappa shape index (κ1) is 10.8. The van der Waals surface area contributed by atoms with Gasteiger partial charge in [-0.2, -0.15) is 0 Å². The molecule has 1 aliphatic carbocycles. The van der Waals surface area contributed by atoms with Crippen molar-refractivity contribution < 1.29 is 14.7 Å². The van der Waals surface area contributed by atoms with E-state index in [1.807, 2.05) is 0 Å². The fourth-order valence-corrected chi connectivity index (χ4v) is 1.35. The van der Waals surface area contributed by atoms with Crippen molar-refractivity contribution in [3.8, 4) is 0 Å². The van der Waals surface area contributed by atoms with Crippen LogP contribution in [0.15, 0.2) is 0 Å². The Balaban J connectivity index is 2.25. The van der Waals surface area contributed by atoms with Crippen molar-refractivity contribution in [3.05, 3.63) is 0 Å². The minimum atomic E-state index is -1.03. The van der Waals surface area contributed by atoms with Crippen molar-refractivity contribution >= 4 is 12.0 Å². The van der Waals surface area contributed by atoms with Crippen LogP contribution in [-0.4, -0.2) is 29.2 Å². The quantitative estimate of drug-likeness (QED) is 0.622. The number of carboxylic acids is 1. The molecular formula is C9H16N2O3. The van der Waals surface area contributed by atoms with E-state index in [0.29, 0.717) is 5.92 Å². The highest BCUT2D eigenvalue weighted by Gasteiger charge is 2.28. The molecule has 14 heavy (non-hydrogen) atoms. The van der Waals surface area contributed by atoms with Crippen LogP contribution in [0.1, 0.15) is 26.7 Å². The SMILES string of the molecule is CC1CCC1NC(=O)N[C@@H](C)C(=O)O. The molecule has 80 valence electrons. The summed E-state index contributed by atoms with van der Waals surface area (Å²) in [6.07, 6.45) is 2.11. The van der Waals surface area contributed by atoms with Crippen LogP contribution in [0.2, 0.25) is 0 Å². The largest absolute Gasteiger partial charge is 0.480 e. The standard InChI is InChI=1S/C9H16N2O3/c1-5-3-4-7(5)11-9(14)10-6(2)8(12)13/h5-7H,3-4H2,1-2H3,(H,12,13)(H2,10,11,14)/t5?,6-,7?/m0/s1. The molecule has 5 heteroatoms. The summed E-state index contributed by atoms with van der Waals surface area (Å²) in [6.45, 7) is 3.50. The zero-order valence-corrected chi connectivity index (χ0v) is 8.41. The molecule has 1 fully saturated rings. The molecule has 2 amide bonds. The number of rotatable bonds is 3. The van der Waals surface area contributed by atoms with Crippen LogP contribution < -0.4 is 10.6 Å². The molecule has 3 N–H and O–H groups in total. The van der Waals surface area contributed by atoms with Crippen LogP contribution in [0.4, 0.5) is 4.79 Å². The smallest absolute Gasteiger partial charge is 0.325 e. The molecule has 0 saturated heterocycles. The van der Waals surface area contributed by atoms with E-state index in [4.69, 9.17) is 5.11 Å². The molecule has 0 radical (unpaired) electrons. The number of nitrogens with one attached hydrogen (secondary N) is 2. The molecule has 0 heterocycles. The fourth-order valence-electron chi connectivity index (χ4n) is 1.35. The van der Waals surface area contributed by atoms with Crippen molar-refractivity contribution in [2.24, 2.45) is 5.92 Å². The van der Waals surface area contributed by atoms with Gasteiger partial charge in [0.05, 0.1) is 0 Å². The summed E-state index contributed by atoms with van der Waals surface area (Å²) in [4.78, 5) is 21.6. The van der Waals surface area contributed by atoms with Gasteiger partial charge < -0.3 is 15.7 Å². The number of carbonyl (C=O) groups is 2. The number of carbonyl (C=O) groups excluding carboxylic acids is 1. The molecule has 0 aliphatic heterocycles. The predicted octanol–water partition coefficient (Wildman–Crippen LogP) is 0.557. The Morgan fingerprint density at radius 1 is 1.43 bits per heavy atom. The van der Waals surface area contributed by atoms with Crippen LogP contribution in [0.3, 0.4) is 0 Å². The van der Waals surface area contributed by atoms with E-state index < -0.39 is 18.0 Å². The van der Waals surface area contributed by atoms with E-state index in [-0.39, 0.29) is 6.04 Å². The lowest BCUT2D eigenvalue weighted by Crippen LogP contribution is -2.52. The van der Waals surface area contributed by atoms with E-state index in [2.05, 4.69) is 17.6 Å². The molecule has 0 aromatic carbocycles. The first-order chi connectivity index (χ1) is 6.50. The van der Waals surface area contributed by atoms with Gasteiger partial charge in [0.1, 0.15) is 6.04 Å². The number of amides is 2. The van der Waals surface area contributed by atoms with E-state index in [1.165, 1.54) is 6.92 Å². The number of carboxylic acid groups (broad SMARTS) is 1. The Bertz CT molecular complexity index is 242. The fraction of sp³-hybridized carbons (Fsp3) is 0.778. The Morgan fingerprint density at radius 2 is 2.07 bits per heavy atom. The zero-order chi connectivity index (χ0) is 10.7. The number of urea groups is 1. The van der Waals surface area contributed by atoms with Gasteiger partial charge in [-0.3, -0.25) is 4.79 Å². The third-order valence-electron chi connectivity index (χ3n) is 2.65. The molecule has 0 aromatic heterocycles. The third-order valence-corrected chi connectivity index (χ3v) is 2.65. The molecule has 5 nitrogen and oxygen atoms in total. The van der Waals surface area contributed by atoms with Gasteiger partial charge >= 0.3 is 12.0 Å². The van der Waals surface area contributed by atoms with E-state index in [9.17, 15) is 9.59 Å². The first-order valence-corrected chi connectivity index (χ1v) is 4.80. The summed E-state index contributed by atoms with van der Waals surface area (Å²) in [5, 5.41) is 13.6. The van der Waals surface area contributed by atoms with Gasteiger partial charge in [0, 0.05) is 6.04 Å². The van der Waals surface area contributed by atoms with E-state index in [0.717, 1.165) is 12.8 Å². The maximum atomic E-state index is 11.2. The van der Waals surface area contributed by atoms with Crippen molar-refractivity contribution in [1.29, 1.82) is 0 Å². The second kappa shape index (κ2) is 4.30. The van der Waals surface area contributed by atoms with Gasteiger partial charge in [-0.05, 0) is 25.7 Å². The number of hydrogen-bond acceptors (Lipinski definition) is 2. The summed E-state index contributed by atoms with van der Waals surface area (Å²) in [5.74, 6) is -0.525. The van der Waals surface area contributed by atoms with Crippen LogP contribution in [0, 0.1) is 5.92 Å². The van der Waals surface area contributed by atoms with Crippen molar-refractivity contribution in [2.45, 2.75) is 38.8 Å². The first-order valence-electron chi connectivity index (χ1n) is 4.80. The van der Waals surface area contributed by atoms with Gasteiger partial charge in [0.2, 0.25) is 0 Å². The highest BCUT2D eigenvalue weighted by molar-refractivity contribution is 5.82. The zero-order valence-electron chi connectivity index (χ0n) is 8.41. The summed E-state index contributed by atoms with van der Waals surface area (Å²) < 4.78 is 0. The van der Waals surface area contributed by atoms with Crippen LogP contribution in [-0.2, 0) is 4.79 Å². The molecule has 2 unspecified atom stereocenters. The highest BCUT2D eigenvalue weighted by Crippen LogP contribution is 2.26. The summed E-state index contributed by atoms with van der Waals surface area (Å²) in [5.41, 5.74) is 0. The molecule has 1 saturated carbocycles. The molecule has 0 spiro atoms. The summed E-state index contributed by atoms with van der Waals surface area (Å²) >= 11 is 0. The lowest BCUT2D eigenvalue weighted by molar-refractivity contribution is -0.138. The molecule has 1 rings (SSSR count). The molecule has 0 aromatic rings. The molecule has 0 bridgehead atoms. The second-order valence-corrected chi connectivity index (χ2v) is 3.84. The van der Waals surface area contributed by atoms with E-state index >= 15 is 0 Å². The second-order valence-electron chi connectivity index (χ2n) is 3.84. The average molecular weight is 200 g/mol. The minimum Gasteiger partial charge on any atom is -0.480 e. The Morgan fingerprint density at radius 3 is 2.43 bits per heavy atom. The van der Waals surface area contributed by atoms with Crippen LogP contribution in [0.5, 0.6) is 0 Å². The molecule has 1 aliphatic rings. The topological polar surface area (TPSA) is 78.4 Å². The Hall–Kier alpha value is -1.26. The monoisotopic (exact) mass is 200 g/mol. The Kier molecular flexibility index (Phi) is 3.33. The third kappa shape index (κ3) is 2.61. The normalized spacial score (nSPS) is 27.3. The van der Waals surface area contributed by atoms with Gasteiger partial charge in [-0.25, -0.2) is 4.79 Å². The average Bonchev–Trinajstić information content (AvgIpc) is 2.11. The van der Waals surface area contributed by atoms with Crippen molar-refractivity contribution in [3.63, 3.8) is 0 Å². The number of aliphatic carboxylic acids is 1. The Labute approximate surface area is 82.9 Å². The van der Waals surface area contributed by atoms with Crippen molar-refractivity contribution in [2.75, 3.05) is 0 Å².